The third kappa shape index (κ3) is 6.30. The number of anilines is 1. The molecule has 0 spiro atoms. The minimum atomic E-state index is -0.207. The molecule has 1 fully saturated rings. The lowest BCUT2D eigenvalue weighted by Crippen LogP contribution is -2.47. The first-order chi connectivity index (χ1) is 14.0. The number of piperidine rings is 1. The molecule has 0 unspecified atom stereocenters. The van der Waals surface area contributed by atoms with Crippen LogP contribution in [0.5, 0.6) is 0 Å². The van der Waals surface area contributed by atoms with E-state index < -0.39 is 0 Å². The first kappa shape index (κ1) is 20.8. The summed E-state index contributed by atoms with van der Waals surface area (Å²) in [5.74, 6) is 1.67. The fraction of sp³-hybridized carbons (Fsp3) is 0.524. The molecule has 156 valence electrons. The van der Waals surface area contributed by atoms with Crippen molar-refractivity contribution in [3.8, 4) is 0 Å². The second-order valence-electron chi connectivity index (χ2n) is 7.67. The van der Waals surface area contributed by atoms with Crippen LogP contribution in [0.4, 0.5) is 10.5 Å². The van der Waals surface area contributed by atoms with Crippen LogP contribution in [0.3, 0.4) is 0 Å². The molecule has 2 aromatic rings. The van der Waals surface area contributed by atoms with E-state index in [9.17, 15) is 9.59 Å². The highest BCUT2D eigenvalue weighted by atomic mass is 16.5. The second kappa shape index (κ2) is 10.0. The van der Waals surface area contributed by atoms with E-state index in [1.807, 2.05) is 49.1 Å². The smallest absolute Gasteiger partial charge is 0.319 e. The van der Waals surface area contributed by atoms with Gasteiger partial charge in [0.05, 0.1) is 0 Å². The Bertz CT molecular complexity index is 798. The monoisotopic (exact) mass is 399 g/mol. The molecule has 1 aromatic carbocycles. The molecule has 0 saturated carbocycles. The molecule has 8 heteroatoms. The van der Waals surface area contributed by atoms with Gasteiger partial charge in [-0.25, -0.2) is 4.79 Å². The molecule has 1 aromatic heterocycles. The Labute approximate surface area is 171 Å². The Hall–Kier alpha value is -2.90. The molecule has 1 aliphatic rings. The molecule has 1 aliphatic heterocycles. The first-order valence-electron chi connectivity index (χ1n) is 10.2. The average Bonchev–Trinajstić information content (AvgIpc) is 3.18. The van der Waals surface area contributed by atoms with Gasteiger partial charge < -0.3 is 20.1 Å². The minimum absolute atomic E-state index is 0.0793. The van der Waals surface area contributed by atoms with E-state index in [1.54, 1.807) is 0 Å². The Balaban J connectivity index is 1.34. The number of likely N-dealkylation sites (tertiary alicyclic amines) is 1. The van der Waals surface area contributed by atoms with Crippen molar-refractivity contribution in [1.29, 1.82) is 0 Å². The van der Waals surface area contributed by atoms with Crippen LogP contribution >= 0.6 is 0 Å². The quantitative estimate of drug-likeness (QED) is 0.744. The van der Waals surface area contributed by atoms with Crippen LogP contribution in [0.2, 0.25) is 0 Å². The van der Waals surface area contributed by atoms with E-state index >= 15 is 0 Å². The van der Waals surface area contributed by atoms with Crippen molar-refractivity contribution in [3.63, 3.8) is 0 Å². The molecular weight excluding hydrogens is 370 g/mol. The zero-order valence-corrected chi connectivity index (χ0v) is 17.1. The maximum Gasteiger partial charge on any atom is 0.319 e. The highest BCUT2D eigenvalue weighted by Crippen LogP contribution is 2.15. The Kier molecular flexibility index (Phi) is 7.21. The fourth-order valence-corrected chi connectivity index (χ4v) is 3.30. The number of amides is 3. The summed E-state index contributed by atoms with van der Waals surface area (Å²) >= 11 is 0. The summed E-state index contributed by atoms with van der Waals surface area (Å²) in [5.41, 5.74) is 0.763. The fourth-order valence-electron chi connectivity index (χ4n) is 3.30. The van der Waals surface area contributed by atoms with Gasteiger partial charge in [0.2, 0.25) is 11.8 Å². The van der Waals surface area contributed by atoms with Gasteiger partial charge in [-0.1, -0.05) is 37.2 Å². The molecule has 3 amide bonds. The van der Waals surface area contributed by atoms with Gasteiger partial charge in [0.25, 0.3) is 0 Å². The second-order valence-corrected chi connectivity index (χ2v) is 7.67. The standard InChI is InChI=1S/C21H29N5O3/c1-15(2)20-24-18(29-25-20)9-6-10-19(27)26-13-11-17(12-14-26)23-21(28)22-16-7-4-3-5-8-16/h3-5,7-8,15,17H,6,9-14H2,1-2H3,(H2,22,23,28). The van der Waals surface area contributed by atoms with Crippen molar-refractivity contribution in [2.45, 2.75) is 57.9 Å². The summed E-state index contributed by atoms with van der Waals surface area (Å²) < 4.78 is 5.21. The van der Waals surface area contributed by atoms with Crippen LogP contribution in [-0.2, 0) is 11.2 Å². The van der Waals surface area contributed by atoms with Crippen LogP contribution < -0.4 is 10.6 Å². The normalized spacial score (nSPS) is 14.8. The van der Waals surface area contributed by atoms with Crippen molar-refractivity contribution in [3.05, 3.63) is 42.0 Å². The topological polar surface area (TPSA) is 100 Å². The van der Waals surface area contributed by atoms with Gasteiger partial charge in [-0.15, -0.1) is 0 Å². The molecule has 29 heavy (non-hydrogen) atoms. The Morgan fingerprint density at radius 3 is 2.59 bits per heavy atom. The van der Waals surface area contributed by atoms with Crippen molar-refractivity contribution in [2.24, 2.45) is 0 Å². The number of nitrogens with one attached hydrogen (secondary N) is 2. The largest absolute Gasteiger partial charge is 0.343 e. The number of para-hydroxylation sites is 1. The molecule has 0 radical (unpaired) electrons. The maximum atomic E-state index is 12.4. The number of benzene rings is 1. The van der Waals surface area contributed by atoms with E-state index in [-0.39, 0.29) is 23.9 Å². The molecule has 3 rings (SSSR count). The maximum absolute atomic E-state index is 12.4. The predicted molar refractivity (Wildman–Crippen MR) is 110 cm³/mol. The Morgan fingerprint density at radius 2 is 1.93 bits per heavy atom. The van der Waals surface area contributed by atoms with Crippen LogP contribution in [0, 0.1) is 0 Å². The van der Waals surface area contributed by atoms with E-state index in [4.69, 9.17) is 4.52 Å². The molecule has 0 bridgehead atoms. The van der Waals surface area contributed by atoms with E-state index in [2.05, 4.69) is 20.8 Å². The lowest BCUT2D eigenvalue weighted by Gasteiger charge is -2.32. The number of rotatable bonds is 7. The van der Waals surface area contributed by atoms with Crippen molar-refractivity contribution < 1.29 is 14.1 Å². The molecule has 0 atom stereocenters. The van der Waals surface area contributed by atoms with Crippen molar-refractivity contribution in [2.75, 3.05) is 18.4 Å². The van der Waals surface area contributed by atoms with Crippen LogP contribution in [-0.4, -0.2) is 46.1 Å². The van der Waals surface area contributed by atoms with Gasteiger partial charge >= 0.3 is 6.03 Å². The molecule has 1 saturated heterocycles. The minimum Gasteiger partial charge on any atom is -0.343 e. The number of hydrogen-bond donors (Lipinski definition) is 2. The predicted octanol–water partition coefficient (Wildman–Crippen LogP) is 3.33. The van der Waals surface area contributed by atoms with Gasteiger partial charge in [0.15, 0.2) is 5.82 Å². The molecule has 8 nitrogen and oxygen atoms in total. The highest BCUT2D eigenvalue weighted by Gasteiger charge is 2.23. The molecule has 0 aliphatic carbocycles. The number of aromatic nitrogens is 2. The summed E-state index contributed by atoms with van der Waals surface area (Å²) in [6.07, 6.45) is 3.29. The lowest BCUT2D eigenvalue weighted by atomic mass is 10.0. The zero-order chi connectivity index (χ0) is 20.6. The number of urea groups is 1. The highest BCUT2D eigenvalue weighted by molar-refractivity contribution is 5.89. The van der Waals surface area contributed by atoms with E-state index in [1.165, 1.54) is 0 Å². The first-order valence-corrected chi connectivity index (χ1v) is 10.2. The average molecular weight is 399 g/mol. The van der Waals surface area contributed by atoms with Gasteiger partial charge in [0.1, 0.15) is 0 Å². The van der Waals surface area contributed by atoms with E-state index in [0.29, 0.717) is 44.1 Å². The van der Waals surface area contributed by atoms with Gasteiger partial charge in [0, 0.05) is 43.6 Å². The van der Waals surface area contributed by atoms with Crippen LogP contribution in [0.25, 0.3) is 0 Å². The van der Waals surface area contributed by atoms with Gasteiger partial charge in [-0.2, -0.15) is 4.98 Å². The van der Waals surface area contributed by atoms with E-state index in [0.717, 1.165) is 18.5 Å². The number of carbonyl (C=O) groups excluding carboxylic acids is 2. The zero-order valence-electron chi connectivity index (χ0n) is 17.1. The number of carbonyl (C=O) groups is 2. The summed E-state index contributed by atoms with van der Waals surface area (Å²) in [4.78, 5) is 30.7. The summed E-state index contributed by atoms with van der Waals surface area (Å²) in [7, 11) is 0. The number of hydrogen-bond acceptors (Lipinski definition) is 5. The summed E-state index contributed by atoms with van der Waals surface area (Å²) in [5, 5.41) is 9.75. The molecular formula is C21H29N5O3. The third-order valence-electron chi connectivity index (χ3n) is 5.00. The van der Waals surface area contributed by atoms with Crippen LogP contribution in [0.1, 0.15) is 57.2 Å². The number of nitrogens with zero attached hydrogens (tertiary/aromatic N) is 3. The van der Waals surface area contributed by atoms with Gasteiger partial charge in [-0.3, -0.25) is 4.79 Å². The third-order valence-corrected chi connectivity index (χ3v) is 5.00. The van der Waals surface area contributed by atoms with Crippen molar-refractivity contribution in [1.82, 2.24) is 20.4 Å². The summed E-state index contributed by atoms with van der Waals surface area (Å²) in [6.45, 7) is 5.35. The van der Waals surface area contributed by atoms with Crippen LogP contribution in [0.15, 0.2) is 34.9 Å². The van der Waals surface area contributed by atoms with Gasteiger partial charge in [-0.05, 0) is 31.4 Å². The lowest BCUT2D eigenvalue weighted by molar-refractivity contribution is -0.132. The summed E-state index contributed by atoms with van der Waals surface area (Å²) in [6, 6.07) is 9.22. The Morgan fingerprint density at radius 1 is 1.21 bits per heavy atom. The molecule has 2 heterocycles. The number of aryl methyl sites for hydroxylation is 1. The SMILES string of the molecule is CC(C)c1noc(CCCC(=O)N2CCC(NC(=O)Nc3ccccc3)CC2)n1. The molecule has 2 N–H and O–H groups in total. The van der Waals surface area contributed by atoms with Crippen molar-refractivity contribution >= 4 is 17.6 Å².